The van der Waals surface area contributed by atoms with Crippen molar-refractivity contribution in [3.05, 3.63) is 33.1 Å². The number of nitrogens with one attached hydrogen (secondary N) is 1. The number of aromatic nitrogens is 2. The molecule has 0 amide bonds. The Morgan fingerprint density at radius 2 is 2.33 bits per heavy atom. The third kappa shape index (κ3) is 2.68. The summed E-state index contributed by atoms with van der Waals surface area (Å²) in [6.45, 7) is -0.0718. The van der Waals surface area contributed by atoms with Gasteiger partial charge in [-0.1, -0.05) is 0 Å². The Bertz CT molecular complexity index is 512. The van der Waals surface area contributed by atoms with Crippen LogP contribution in [0, 0.1) is 5.92 Å². The van der Waals surface area contributed by atoms with Crippen molar-refractivity contribution in [3.8, 4) is 0 Å². The predicted molar refractivity (Wildman–Crippen MR) is 68.9 cm³/mol. The van der Waals surface area contributed by atoms with E-state index in [-0.39, 0.29) is 18.6 Å². The van der Waals surface area contributed by atoms with E-state index in [0.717, 1.165) is 6.42 Å². The summed E-state index contributed by atoms with van der Waals surface area (Å²) in [6.07, 6.45) is 2.19. The van der Waals surface area contributed by atoms with Gasteiger partial charge in [-0.25, -0.2) is 4.79 Å². The topological polar surface area (TPSA) is 84.3 Å². The van der Waals surface area contributed by atoms with Crippen LogP contribution in [0.25, 0.3) is 0 Å². The number of aromatic amines is 1. The summed E-state index contributed by atoms with van der Waals surface area (Å²) in [6, 6.07) is 1.29. The van der Waals surface area contributed by atoms with Crippen LogP contribution in [0.2, 0.25) is 0 Å². The molecule has 0 bridgehead atoms. The van der Waals surface area contributed by atoms with Gasteiger partial charge in [0.05, 0.1) is 12.7 Å². The van der Waals surface area contributed by atoms with E-state index in [1.165, 1.54) is 16.8 Å². The Kier molecular flexibility index (Phi) is 4.26. The summed E-state index contributed by atoms with van der Waals surface area (Å²) < 4.78 is 7.01. The van der Waals surface area contributed by atoms with Crippen LogP contribution in [0.3, 0.4) is 0 Å². The van der Waals surface area contributed by atoms with Crippen LogP contribution in [0.4, 0.5) is 0 Å². The Morgan fingerprint density at radius 3 is 2.94 bits per heavy atom. The molecule has 0 spiro atoms. The molecular formula is C11H16N2O4S. The minimum Gasteiger partial charge on any atom is -0.394 e. The van der Waals surface area contributed by atoms with Crippen molar-refractivity contribution in [1.29, 1.82) is 0 Å². The summed E-state index contributed by atoms with van der Waals surface area (Å²) in [5.41, 5.74) is -0.922. The molecule has 2 N–H and O–H groups in total. The Labute approximate surface area is 109 Å². The van der Waals surface area contributed by atoms with Gasteiger partial charge in [0.25, 0.3) is 5.56 Å². The Morgan fingerprint density at radius 1 is 1.56 bits per heavy atom. The molecule has 6 nitrogen and oxygen atoms in total. The minimum atomic E-state index is -0.491. The molecule has 0 aromatic carbocycles. The first-order valence-corrected chi connectivity index (χ1v) is 6.47. The van der Waals surface area contributed by atoms with Gasteiger partial charge < -0.3 is 9.84 Å². The maximum absolute atomic E-state index is 11.7. The van der Waals surface area contributed by atoms with Gasteiger partial charge in [-0.05, 0) is 18.6 Å². The monoisotopic (exact) mass is 272 g/mol. The highest BCUT2D eigenvalue weighted by Gasteiger charge is 2.35. The highest BCUT2D eigenvalue weighted by atomic mass is 32.1. The Balaban J connectivity index is 2.29. The van der Waals surface area contributed by atoms with Crippen LogP contribution in [0.15, 0.2) is 21.9 Å². The zero-order valence-corrected chi connectivity index (χ0v) is 10.7. The fourth-order valence-electron chi connectivity index (χ4n) is 2.28. The van der Waals surface area contributed by atoms with Crippen molar-refractivity contribution in [2.75, 3.05) is 12.4 Å². The largest absolute Gasteiger partial charge is 0.394 e. The second-order valence-corrected chi connectivity index (χ2v) is 4.80. The zero-order valence-electron chi connectivity index (χ0n) is 9.78. The third-order valence-electron chi connectivity index (χ3n) is 3.13. The smallest absolute Gasteiger partial charge is 0.330 e. The highest BCUT2D eigenvalue weighted by molar-refractivity contribution is 7.80. The van der Waals surface area contributed by atoms with Gasteiger partial charge in [0.1, 0.15) is 6.23 Å². The molecule has 1 aliphatic rings. The maximum Gasteiger partial charge on any atom is 0.330 e. The van der Waals surface area contributed by atoms with Gasteiger partial charge in [-0.2, -0.15) is 12.6 Å². The summed E-state index contributed by atoms with van der Waals surface area (Å²) in [5.74, 6) is 0.795. The molecule has 1 aromatic heterocycles. The second kappa shape index (κ2) is 5.73. The van der Waals surface area contributed by atoms with Crippen LogP contribution >= 0.6 is 12.6 Å². The van der Waals surface area contributed by atoms with Crippen molar-refractivity contribution >= 4 is 12.6 Å². The number of aliphatic hydroxyl groups excluding tert-OH is 1. The van der Waals surface area contributed by atoms with Crippen LogP contribution in [0.5, 0.6) is 0 Å². The quantitative estimate of drug-likeness (QED) is 0.660. The van der Waals surface area contributed by atoms with Crippen molar-refractivity contribution in [3.63, 3.8) is 0 Å². The molecule has 0 saturated carbocycles. The van der Waals surface area contributed by atoms with Crippen LogP contribution in [-0.2, 0) is 4.74 Å². The lowest BCUT2D eigenvalue weighted by Crippen LogP contribution is -2.33. The van der Waals surface area contributed by atoms with E-state index in [1.807, 2.05) is 0 Å². The van der Waals surface area contributed by atoms with Gasteiger partial charge in [0, 0.05) is 18.2 Å². The fourth-order valence-corrected chi connectivity index (χ4v) is 2.61. The van der Waals surface area contributed by atoms with Crippen molar-refractivity contribution < 1.29 is 9.84 Å². The molecule has 0 aliphatic carbocycles. The molecule has 18 heavy (non-hydrogen) atoms. The number of nitrogens with zero attached hydrogens (tertiary/aromatic N) is 1. The Hall–Kier alpha value is -1.05. The lowest BCUT2D eigenvalue weighted by Gasteiger charge is -2.19. The zero-order chi connectivity index (χ0) is 13.1. The van der Waals surface area contributed by atoms with Gasteiger partial charge in [0.2, 0.25) is 0 Å². The van der Waals surface area contributed by atoms with E-state index in [1.54, 1.807) is 0 Å². The molecule has 1 aromatic rings. The van der Waals surface area contributed by atoms with Crippen molar-refractivity contribution in [1.82, 2.24) is 9.55 Å². The first-order chi connectivity index (χ1) is 8.65. The van der Waals surface area contributed by atoms with Crippen LogP contribution < -0.4 is 11.2 Å². The first-order valence-electron chi connectivity index (χ1n) is 5.84. The van der Waals surface area contributed by atoms with Crippen molar-refractivity contribution in [2.24, 2.45) is 5.92 Å². The molecule has 0 radical (unpaired) electrons. The third-order valence-corrected chi connectivity index (χ3v) is 3.39. The minimum absolute atomic E-state index is 0.0718. The summed E-state index contributed by atoms with van der Waals surface area (Å²) >= 11 is 4.19. The van der Waals surface area contributed by atoms with Gasteiger partial charge in [0.15, 0.2) is 0 Å². The number of ether oxygens (including phenoxy) is 1. The summed E-state index contributed by atoms with van der Waals surface area (Å²) in [5, 5.41) is 9.14. The van der Waals surface area contributed by atoms with Gasteiger partial charge in [-0.15, -0.1) is 0 Å². The normalized spacial score (nSPS) is 27.6. The highest BCUT2D eigenvalue weighted by Crippen LogP contribution is 2.35. The van der Waals surface area contributed by atoms with Gasteiger partial charge in [-0.3, -0.25) is 14.3 Å². The number of hydrogen-bond acceptors (Lipinski definition) is 5. The summed E-state index contributed by atoms with van der Waals surface area (Å²) in [7, 11) is 0. The van der Waals surface area contributed by atoms with E-state index < -0.39 is 17.5 Å². The molecular weight excluding hydrogens is 256 g/mol. The van der Waals surface area contributed by atoms with Crippen LogP contribution in [-0.4, -0.2) is 33.1 Å². The van der Waals surface area contributed by atoms with E-state index >= 15 is 0 Å². The van der Waals surface area contributed by atoms with Crippen LogP contribution in [0.1, 0.15) is 19.1 Å². The summed E-state index contributed by atoms with van der Waals surface area (Å²) in [4.78, 5) is 24.9. The molecule has 1 unspecified atom stereocenters. The molecule has 100 valence electrons. The number of thiol groups is 1. The molecule has 1 fully saturated rings. The number of hydrogen-bond donors (Lipinski definition) is 3. The molecule has 3 atom stereocenters. The molecule has 2 heterocycles. The van der Waals surface area contributed by atoms with E-state index in [2.05, 4.69) is 17.6 Å². The van der Waals surface area contributed by atoms with Crippen molar-refractivity contribution in [2.45, 2.75) is 25.2 Å². The lowest BCUT2D eigenvalue weighted by molar-refractivity contribution is -0.0356. The lowest BCUT2D eigenvalue weighted by atomic mass is 10.0. The first kappa shape index (κ1) is 13.4. The predicted octanol–water partition coefficient (Wildman–Crippen LogP) is -0.248. The second-order valence-electron chi connectivity index (χ2n) is 4.36. The number of rotatable bonds is 4. The average molecular weight is 272 g/mol. The average Bonchev–Trinajstić information content (AvgIpc) is 2.73. The molecule has 7 heteroatoms. The standard InChI is InChI=1S/C11H16N2O4S/c14-6-8-5-7(2-4-18)10(17-8)13-3-1-9(15)12-11(13)16/h1,3,7-8,10,14,18H,2,4-6H2,(H,12,15,16)/t7-,8-,10?/m0/s1. The maximum atomic E-state index is 11.7. The van der Waals surface area contributed by atoms with E-state index in [4.69, 9.17) is 9.84 Å². The van der Waals surface area contributed by atoms with Gasteiger partial charge >= 0.3 is 5.69 Å². The SMILES string of the molecule is O=c1ccn(C2O[C@H](CO)C[C@@H]2CCS)c(=O)[nH]1. The fraction of sp³-hybridized carbons (Fsp3) is 0.636. The number of aliphatic hydroxyl groups is 1. The number of H-pyrrole nitrogens is 1. The molecule has 2 rings (SSSR count). The van der Waals surface area contributed by atoms with E-state index in [9.17, 15) is 9.59 Å². The molecule has 1 saturated heterocycles. The molecule has 1 aliphatic heterocycles. The van der Waals surface area contributed by atoms with E-state index in [0.29, 0.717) is 12.2 Å².